The molecule has 0 saturated heterocycles. The zero-order valence-corrected chi connectivity index (χ0v) is 18.3. The third-order valence-corrected chi connectivity index (χ3v) is 6.32. The van der Waals surface area contributed by atoms with Gasteiger partial charge in [-0.25, -0.2) is 8.42 Å². The lowest BCUT2D eigenvalue weighted by Crippen LogP contribution is -2.29. The van der Waals surface area contributed by atoms with Crippen LogP contribution >= 0.6 is 0 Å². The molecular formula is C22H30N2O3S. The van der Waals surface area contributed by atoms with Gasteiger partial charge in [0.2, 0.25) is 5.91 Å². The molecule has 1 amide bonds. The second kappa shape index (κ2) is 7.95. The first-order valence-electron chi connectivity index (χ1n) is 9.40. The third kappa shape index (κ3) is 5.35. The van der Waals surface area contributed by atoms with E-state index in [1.165, 1.54) is 0 Å². The molecule has 0 atom stereocenters. The molecule has 0 heterocycles. The van der Waals surface area contributed by atoms with Gasteiger partial charge in [-0.15, -0.1) is 0 Å². The van der Waals surface area contributed by atoms with Crippen molar-refractivity contribution < 1.29 is 13.2 Å². The van der Waals surface area contributed by atoms with Crippen molar-refractivity contribution in [3.8, 4) is 0 Å². The van der Waals surface area contributed by atoms with Crippen molar-refractivity contribution in [2.24, 2.45) is 5.41 Å². The maximum atomic E-state index is 12.6. The molecule has 28 heavy (non-hydrogen) atoms. The molecule has 0 saturated carbocycles. The molecule has 2 N–H and O–H groups in total. The van der Waals surface area contributed by atoms with Gasteiger partial charge in [0.25, 0.3) is 10.0 Å². The minimum atomic E-state index is -3.68. The van der Waals surface area contributed by atoms with Crippen molar-refractivity contribution >= 4 is 27.3 Å². The monoisotopic (exact) mass is 402 g/mol. The first kappa shape index (κ1) is 22.0. The summed E-state index contributed by atoms with van der Waals surface area (Å²) in [4.78, 5) is 12.5. The van der Waals surface area contributed by atoms with E-state index in [2.05, 4.69) is 30.8 Å². The molecule has 0 aliphatic heterocycles. The molecule has 0 spiro atoms. The minimum absolute atomic E-state index is 0.0394. The highest BCUT2D eigenvalue weighted by molar-refractivity contribution is 7.92. The largest absolute Gasteiger partial charge is 0.326 e. The lowest BCUT2D eigenvalue weighted by atomic mass is 9.87. The van der Waals surface area contributed by atoms with Gasteiger partial charge in [0.1, 0.15) is 0 Å². The van der Waals surface area contributed by atoms with Gasteiger partial charge >= 0.3 is 0 Å². The first-order valence-corrected chi connectivity index (χ1v) is 10.9. The number of hydrogen-bond donors (Lipinski definition) is 2. The van der Waals surface area contributed by atoms with E-state index in [9.17, 15) is 13.2 Å². The standard InChI is InChI=1S/C22H30N2O3S/c1-7-22(5,6)20(25)23-17-10-12-18(13-11-17)24-28(26,27)19-14-8-16(9-15-19)21(2,3)4/h8-15,24H,7H2,1-6H3,(H,23,25). The summed E-state index contributed by atoms with van der Waals surface area (Å²) >= 11 is 0. The molecule has 0 bridgehead atoms. The van der Waals surface area contributed by atoms with Gasteiger partial charge in [0.15, 0.2) is 0 Å². The van der Waals surface area contributed by atoms with E-state index in [1.807, 2.05) is 32.9 Å². The predicted molar refractivity (Wildman–Crippen MR) is 115 cm³/mol. The van der Waals surface area contributed by atoms with E-state index in [4.69, 9.17) is 0 Å². The van der Waals surface area contributed by atoms with Crippen LogP contribution in [-0.4, -0.2) is 14.3 Å². The molecule has 0 unspecified atom stereocenters. The highest BCUT2D eigenvalue weighted by atomic mass is 32.2. The minimum Gasteiger partial charge on any atom is -0.326 e. The van der Waals surface area contributed by atoms with Crippen LogP contribution in [0.3, 0.4) is 0 Å². The Hall–Kier alpha value is -2.34. The molecule has 152 valence electrons. The number of hydrogen-bond acceptors (Lipinski definition) is 3. The van der Waals surface area contributed by atoms with Gasteiger partial charge in [0.05, 0.1) is 4.90 Å². The van der Waals surface area contributed by atoms with E-state index in [-0.39, 0.29) is 16.2 Å². The summed E-state index contributed by atoms with van der Waals surface area (Å²) in [5.41, 5.74) is 1.64. The van der Waals surface area contributed by atoms with E-state index in [1.54, 1.807) is 36.4 Å². The molecule has 2 aromatic carbocycles. The number of carbonyl (C=O) groups is 1. The maximum Gasteiger partial charge on any atom is 0.261 e. The van der Waals surface area contributed by atoms with Crippen molar-refractivity contribution in [3.63, 3.8) is 0 Å². The Morgan fingerprint density at radius 1 is 0.857 bits per heavy atom. The van der Waals surface area contributed by atoms with Crippen molar-refractivity contribution in [3.05, 3.63) is 54.1 Å². The third-order valence-electron chi connectivity index (χ3n) is 4.92. The van der Waals surface area contributed by atoms with Crippen LogP contribution in [0.15, 0.2) is 53.4 Å². The van der Waals surface area contributed by atoms with Crippen LogP contribution in [0.2, 0.25) is 0 Å². The molecule has 6 heteroatoms. The van der Waals surface area contributed by atoms with Gasteiger partial charge in [-0.05, 0) is 53.8 Å². The van der Waals surface area contributed by atoms with E-state index in [0.29, 0.717) is 11.4 Å². The molecule has 2 aromatic rings. The lowest BCUT2D eigenvalue weighted by Gasteiger charge is -2.21. The molecule has 5 nitrogen and oxygen atoms in total. The topological polar surface area (TPSA) is 75.3 Å². The van der Waals surface area contributed by atoms with Crippen LogP contribution in [0.25, 0.3) is 0 Å². The molecule has 0 aliphatic carbocycles. The summed E-state index contributed by atoms with van der Waals surface area (Å²) < 4.78 is 27.8. The fourth-order valence-electron chi connectivity index (χ4n) is 2.43. The molecule has 0 aliphatic rings. The van der Waals surface area contributed by atoms with E-state index < -0.39 is 15.4 Å². The smallest absolute Gasteiger partial charge is 0.261 e. The first-order chi connectivity index (χ1) is 12.8. The van der Waals surface area contributed by atoms with E-state index >= 15 is 0 Å². The number of nitrogens with one attached hydrogen (secondary N) is 2. The molecule has 0 radical (unpaired) electrons. The van der Waals surface area contributed by atoms with Crippen molar-refractivity contribution in [2.75, 3.05) is 10.0 Å². The summed E-state index contributed by atoms with van der Waals surface area (Å²) in [7, 11) is -3.68. The SMILES string of the molecule is CCC(C)(C)C(=O)Nc1ccc(NS(=O)(=O)c2ccc(C(C)(C)C)cc2)cc1. The Kier molecular flexibility index (Phi) is 6.24. The summed E-state index contributed by atoms with van der Waals surface area (Å²) in [6, 6.07) is 13.5. The second-order valence-electron chi connectivity index (χ2n) is 8.65. The molecular weight excluding hydrogens is 372 g/mol. The summed E-state index contributed by atoms with van der Waals surface area (Å²) in [6.07, 6.45) is 0.727. The normalized spacial score (nSPS) is 12.5. The van der Waals surface area contributed by atoms with Crippen LogP contribution < -0.4 is 10.0 Å². The van der Waals surface area contributed by atoms with Gasteiger partial charge in [-0.1, -0.05) is 53.7 Å². The molecule has 0 aromatic heterocycles. The average Bonchev–Trinajstić information content (AvgIpc) is 2.62. The summed E-state index contributed by atoms with van der Waals surface area (Å²) in [6.45, 7) is 12.0. The Labute approximate surface area is 168 Å². The second-order valence-corrected chi connectivity index (χ2v) is 10.3. The Morgan fingerprint density at radius 2 is 1.36 bits per heavy atom. The summed E-state index contributed by atoms with van der Waals surface area (Å²) in [5.74, 6) is -0.0673. The fourth-order valence-corrected chi connectivity index (χ4v) is 3.49. The van der Waals surface area contributed by atoms with Gasteiger partial charge in [0, 0.05) is 16.8 Å². The Bertz CT molecular complexity index is 923. The quantitative estimate of drug-likeness (QED) is 0.701. The van der Waals surface area contributed by atoms with E-state index in [0.717, 1.165) is 12.0 Å². The Balaban J connectivity index is 2.11. The van der Waals surface area contributed by atoms with Crippen LogP contribution in [0.5, 0.6) is 0 Å². The van der Waals surface area contributed by atoms with Crippen LogP contribution in [-0.2, 0) is 20.2 Å². The number of sulfonamides is 1. The van der Waals surface area contributed by atoms with Crippen LogP contribution in [0.4, 0.5) is 11.4 Å². The average molecular weight is 403 g/mol. The number of carbonyl (C=O) groups excluding carboxylic acids is 1. The highest BCUT2D eigenvalue weighted by Gasteiger charge is 2.25. The van der Waals surface area contributed by atoms with Crippen molar-refractivity contribution in [2.45, 2.75) is 58.3 Å². The van der Waals surface area contributed by atoms with Crippen molar-refractivity contribution in [1.29, 1.82) is 0 Å². The fraction of sp³-hybridized carbons (Fsp3) is 0.409. The number of rotatable bonds is 6. The summed E-state index contributed by atoms with van der Waals surface area (Å²) in [5, 5.41) is 2.86. The van der Waals surface area contributed by atoms with Gasteiger partial charge < -0.3 is 5.32 Å². The van der Waals surface area contributed by atoms with Gasteiger partial charge in [-0.3, -0.25) is 9.52 Å². The lowest BCUT2D eigenvalue weighted by molar-refractivity contribution is -0.124. The zero-order valence-electron chi connectivity index (χ0n) is 17.5. The molecule has 2 rings (SSSR count). The maximum absolute atomic E-state index is 12.6. The van der Waals surface area contributed by atoms with Crippen LogP contribution in [0.1, 0.15) is 53.5 Å². The number of benzene rings is 2. The highest BCUT2D eigenvalue weighted by Crippen LogP contribution is 2.25. The zero-order chi connectivity index (χ0) is 21.2. The number of amides is 1. The number of anilines is 2. The predicted octanol–water partition coefficient (Wildman–Crippen LogP) is 5.16. The molecule has 0 fully saturated rings. The van der Waals surface area contributed by atoms with Crippen LogP contribution in [0, 0.1) is 5.41 Å². The van der Waals surface area contributed by atoms with Crippen molar-refractivity contribution in [1.82, 2.24) is 0 Å². The Morgan fingerprint density at radius 3 is 1.82 bits per heavy atom. The van der Waals surface area contributed by atoms with Gasteiger partial charge in [-0.2, -0.15) is 0 Å².